The van der Waals surface area contributed by atoms with Gasteiger partial charge in [0.15, 0.2) is 0 Å². The Hall–Kier alpha value is -1.83. The molecule has 2 N–H and O–H groups in total. The summed E-state index contributed by atoms with van der Waals surface area (Å²) in [6, 6.07) is 5.41. The van der Waals surface area contributed by atoms with Crippen LogP contribution in [0.15, 0.2) is 18.2 Å². The molecular formula is C17H23NO3. The fourth-order valence-electron chi connectivity index (χ4n) is 2.05. The van der Waals surface area contributed by atoms with Crippen LogP contribution in [0.3, 0.4) is 0 Å². The summed E-state index contributed by atoms with van der Waals surface area (Å²) in [5, 5.41) is 11.7. The van der Waals surface area contributed by atoms with E-state index in [1.54, 1.807) is 19.2 Å². The average Bonchev–Trinajstić information content (AvgIpc) is 2.47. The van der Waals surface area contributed by atoms with Gasteiger partial charge in [0.25, 0.3) is 5.91 Å². The zero-order valence-electron chi connectivity index (χ0n) is 12.9. The van der Waals surface area contributed by atoms with Crippen LogP contribution in [0, 0.1) is 18.8 Å². The molecule has 0 bridgehead atoms. The Labute approximate surface area is 126 Å². The van der Waals surface area contributed by atoms with E-state index in [4.69, 9.17) is 9.84 Å². The number of amides is 1. The molecule has 1 aromatic rings. The highest BCUT2D eigenvalue weighted by atomic mass is 16.5. The average molecular weight is 289 g/mol. The summed E-state index contributed by atoms with van der Waals surface area (Å²) >= 11 is 0. The maximum absolute atomic E-state index is 12.3. The summed E-state index contributed by atoms with van der Waals surface area (Å²) in [5.41, 5.74) is 2.31. The van der Waals surface area contributed by atoms with E-state index >= 15 is 0 Å². The van der Waals surface area contributed by atoms with Gasteiger partial charge in [-0.25, -0.2) is 0 Å². The lowest BCUT2D eigenvalue weighted by atomic mass is 10.0. The van der Waals surface area contributed by atoms with Gasteiger partial charge in [-0.2, -0.15) is 0 Å². The predicted molar refractivity (Wildman–Crippen MR) is 83.2 cm³/mol. The first-order valence-electron chi connectivity index (χ1n) is 7.12. The smallest absolute Gasteiger partial charge is 0.251 e. The monoisotopic (exact) mass is 289 g/mol. The molecule has 0 aliphatic rings. The van der Waals surface area contributed by atoms with Crippen molar-refractivity contribution in [1.82, 2.24) is 5.32 Å². The highest BCUT2D eigenvalue weighted by molar-refractivity contribution is 5.94. The maximum Gasteiger partial charge on any atom is 0.251 e. The van der Waals surface area contributed by atoms with Gasteiger partial charge in [0, 0.05) is 18.2 Å². The second kappa shape index (κ2) is 9.17. The number of aliphatic hydroxyl groups is 1. The van der Waals surface area contributed by atoms with E-state index in [0.717, 1.165) is 24.0 Å². The van der Waals surface area contributed by atoms with Crippen molar-refractivity contribution in [2.75, 3.05) is 20.3 Å². The second-order valence-corrected chi connectivity index (χ2v) is 4.90. The quantitative estimate of drug-likeness (QED) is 0.786. The van der Waals surface area contributed by atoms with Gasteiger partial charge in [0.2, 0.25) is 0 Å². The fraction of sp³-hybridized carbons (Fsp3) is 0.471. The topological polar surface area (TPSA) is 58.6 Å². The van der Waals surface area contributed by atoms with Crippen molar-refractivity contribution in [3.05, 3.63) is 34.9 Å². The van der Waals surface area contributed by atoms with Gasteiger partial charge in [0.05, 0.1) is 12.6 Å². The zero-order chi connectivity index (χ0) is 15.7. The van der Waals surface area contributed by atoms with Gasteiger partial charge in [-0.15, -0.1) is 0 Å². The highest BCUT2D eigenvalue weighted by Crippen LogP contribution is 2.11. The largest absolute Gasteiger partial charge is 0.384 e. The number of carbonyl (C=O) groups is 1. The minimum Gasteiger partial charge on any atom is -0.384 e. The Bertz CT molecular complexity index is 523. The molecule has 0 saturated carbocycles. The molecule has 1 unspecified atom stereocenters. The first kappa shape index (κ1) is 17.2. The van der Waals surface area contributed by atoms with Crippen molar-refractivity contribution in [2.45, 2.75) is 32.7 Å². The van der Waals surface area contributed by atoms with E-state index in [-0.39, 0.29) is 18.6 Å². The summed E-state index contributed by atoms with van der Waals surface area (Å²) < 4.78 is 5.12. The van der Waals surface area contributed by atoms with Gasteiger partial charge in [-0.1, -0.05) is 31.3 Å². The molecule has 114 valence electrons. The van der Waals surface area contributed by atoms with Crippen LogP contribution in [0.4, 0.5) is 0 Å². The Morgan fingerprint density at radius 3 is 2.86 bits per heavy atom. The number of benzene rings is 1. The van der Waals surface area contributed by atoms with Crippen molar-refractivity contribution >= 4 is 5.91 Å². The van der Waals surface area contributed by atoms with Crippen molar-refractivity contribution in [3.63, 3.8) is 0 Å². The van der Waals surface area contributed by atoms with Crippen LogP contribution in [-0.4, -0.2) is 37.4 Å². The van der Waals surface area contributed by atoms with Crippen LogP contribution in [0.1, 0.15) is 41.3 Å². The van der Waals surface area contributed by atoms with Gasteiger partial charge < -0.3 is 15.2 Å². The summed E-state index contributed by atoms with van der Waals surface area (Å²) in [6.07, 6.45) is 1.86. The third-order valence-electron chi connectivity index (χ3n) is 3.14. The Balaban J connectivity index is 2.86. The van der Waals surface area contributed by atoms with Crippen molar-refractivity contribution < 1.29 is 14.6 Å². The van der Waals surface area contributed by atoms with Crippen molar-refractivity contribution in [2.24, 2.45) is 0 Å². The summed E-state index contributed by atoms with van der Waals surface area (Å²) in [4.78, 5) is 12.3. The van der Waals surface area contributed by atoms with E-state index in [9.17, 15) is 4.79 Å². The minimum absolute atomic E-state index is 0.0146. The van der Waals surface area contributed by atoms with Gasteiger partial charge in [0.1, 0.15) is 6.61 Å². The third kappa shape index (κ3) is 5.58. The predicted octanol–water partition coefficient (Wildman–Crippen LogP) is 1.88. The van der Waals surface area contributed by atoms with Gasteiger partial charge in [-0.05, 0) is 31.0 Å². The molecule has 1 atom stereocenters. The lowest BCUT2D eigenvalue weighted by Gasteiger charge is -2.17. The van der Waals surface area contributed by atoms with E-state index in [1.165, 1.54) is 0 Å². The van der Waals surface area contributed by atoms with E-state index in [2.05, 4.69) is 24.1 Å². The molecule has 1 aromatic carbocycles. The van der Waals surface area contributed by atoms with E-state index in [1.807, 2.05) is 13.0 Å². The zero-order valence-corrected chi connectivity index (χ0v) is 12.9. The Morgan fingerprint density at radius 1 is 1.48 bits per heavy atom. The Kier molecular flexibility index (Phi) is 7.52. The molecule has 0 spiro atoms. The maximum atomic E-state index is 12.3. The molecule has 0 aromatic heterocycles. The minimum atomic E-state index is -0.192. The number of ether oxygens (including phenoxy) is 1. The third-order valence-corrected chi connectivity index (χ3v) is 3.14. The number of rotatable bonds is 6. The molecule has 0 aliphatic carbocycles. The number of hydrogen-bond acceptors (Lipinski definition) is 3. The van der Waals surface area contributed by atoms with Gasteiger partial charge in [-0.3, -0.25) is 4.79 Å². The molecule has 0 radical (unpaired) electrons. The first-order chi connectivity index (χ1) is 10.1. The van der Waals surface area contributed by atoms with E-state index in [0.29, 0.717) is 12.2 Å². The number of hydrogen-bond donors (Lipinski definition) is 2. The number of aryl methyl sites for hydroxylation is 1. The standard InChI is InChI=1S/C17H23NO3/c1-4-6-16(12-21-3)18-17(20)15-9-8-13(2)14(11-15)7-5-10-19/h8-9,11,16,19H,4,6,10,12H2,1-3H3,(H,18,20). The molecule has 21 heavy (non-hydrogen) atoms. The Morgan fingerprint density at radius 2 is 2.24 bits per heavy atom. The lowest BCUT2D eigenvalue weighted by Crippen LogP contribution is -2.37. The molecular weight excluding hydrogens is 266 g/mol. The van der Waals surface area contributed by atoms with Crippen molar-refractivity contribution in [3.8, 4) is 11.8 Å². The number of methoxy groups -OCH3 is 1. The van der Waals surface area contributed by atoms with Crippen LogP contribution < -0.4 is 5.32 Å². The fourth-order valence-corrected chi connectivity index (χ4v) is 2.05. The molecule has 4 nitrogen and oxygen atoms in total. The van der Waals surface area contributed by atoms with Crippen LogP contribution in [-0.2, 0) is 4.74 Å². The summed E-state index contributed by atoms with van der Waals surface area (Å²) in [6.45, 7) is 4.31. The second-order valence-electron chi connectivity index (χ2n) is 4.90. The van der Waals surface area contributed by atoms with Crippen LogP contribution >= 0.6 is 0 Å². The SMILES string of the molecule is CCCC(COC)NC(=O)c1ccc(C)c(C#CCO)c1. The normalized spacial score (nSPS) is 11.4. The number of aliphatic hydroxyl groups excluding tert-OH is 1. The summed E-state index contributed by atoms with van der Waals surface area (Å²) in [5.74, 6) is 5.34. The molecule has 1 amide bonds. The first-order valence-corrected chi connectivity index (χ1v) is 7.12. The molecule has 4 heteroatoms. The number of carbonyl (C=O) groups excluding carboxylic acids is 1. The molecule has 1 rings (SSSR count). The highest BCUT2D eigenvalue weighted by Gasteiger charge is 2.13. The van der Waals surface area contributed by atoms with Crippen LogP contribution in [0.2, 0.25) is 0 Å². The van der Waals surface area contributed by atoms with Crippen LogP contribution in [0.25, 0.3) is 0 Å². The van der Waals surface area contributed by atoms with E-state index < -0.39 is 0 Å². The molecule has 0 fully saturated rings. The van der Waals surface area contributed by atoms with Crippen molar-refractivity contribution in [1.29, 1.82) is 0 Å². The van der Waals surface area contributed by atoms with Gasteiger partial charge >= 0.3 is 0 Å². The lowest BCUT2D eigenvalue weighted by molar-refractivity contribution is 0.0891. The summed E-state index contributed by atoms with van der Waals surface area (Å²) in [7, 11) is 1.63. The number of nitrogens with one attached hydrogen (secondary N) is 1. The molecule has 0 saturated heterocycles. The molecule has 0 aliphatic heterocycles. The molecule has 0 heterocycles. The van der Waals surface area contributed by atoms with Crippen LogP contribution in [0.5, 0.6) is 0 Å².